The Morgan fingerprint density at radius 2 is 2.00 bits per heavy atom. The summed E-state index contributed by atoms with van der Waals surface area (Å²) in [7, 11) is 0. The van der Waals surface area contributed by atoms with E-state index in [1.807, 2.05) is 0 Å². The first-order chi connectivity index (χ1) is 15.9. The van der Waals surface area contributed by atoms with E-state index >= 15 is 0 Å². The van der Waals surface area contributed by atoms with E-state index in [-0.39, 0.29) is 40.6 Å². The van der Waals surface area contributed by atoms with E-state index in [0.29, 0.717) is 24.3 Å². The average molecular weight is 452 g/mol. The van der Waals surface area contributed by atoms with Crippen LogP contribution in [-0.2, 0) is 4.79 Å². The molecule has 33 heavy (non-hydrogen) atoms. The van der Waals surface area contributed by atoms with Gasteiger partial charge in [0.05, 0.1) is 5.92 Å². The number of hydrogen-bond donors (Lipinski definition) is 2. The van der Waals surface area contributed by atoms with Crippen LogP contribution in [0.15, 0.2) is 53.7 Å². The van der Waals surface area contributed by atoms with Crippen molar-refractivity contribution in [2.75, 3.05) is 6.54 Å². The molecule has 168 valence electrons. The highest BCUT2D eigenvalue weighted by Gasteiger charge is 2.22. The van der Waals surface area contributed by atoms with Crippen molar-refractivity contribution in [2.24, 2.45) is 16.6 Å². The molecule has 1 atom stereocenters. The summed E-state index contributed by atoms with van der Waals surface area (Å²) in [6.07, 6.45) is 0.563. The van der Waals surface area contributed by atoms with Crippen molar-refractivity contribution < 1.29 is 23.1 Å². The summed E-state index contributed by atoms with van der Waals surface area (Å²) in [6, 6.07) is 10.5. The van der Waals surface area contributed by atoms with Crippen LogP contribution in [-0.4, -0.2) is 39.5 Å². The predicted octanol–water partition coefficient (Wildman–Crippen LogP) is 3.21. The first-order valence-electron chi connectivity index (χ1n) is 9.92. The highest BCUT2D eigenvalue weighted by molar-refractivity contribution is 5.96. The lowest BCUT2D eigenvalue weighted by Crippen LogP contribution is -2.19. The van der Waals surface area contributed by atoms with Gasteiger partial charge >= 0.3 is 0 Å². The van der Waals surface area contributed by atoms with Crippen LogP contribution < -0.4 is 15.8 Å². The van der Waals surface area contributed by atoms with Crippen molar-refractivity contribution in [1.82, 2.24) is 20.3 Å². The molecular weight excluding hydrogens is 434 g/mol. The quantitative estimate of drug-likeness (QED) is 0.529. The number of alkyl halides is 2. The van der Waals surface area contributed by atoms with Gasteiger partial charge in [-0.05, 0) is 36.8 Å². The topological polar surface area (TPSA) is 132 Å². The van der Waals surface area contributed by atoms with Crippen LogP contribution in [0.25, 0.3) is 11.4 Å². The van der Waals surface area contributed by atoms with Crippen molar-refractivity contribution in [1.29, 1.82) is 0 Å². The molecule has 3 heterocycles. The fourth-order valence-corrected chi connectivity index (χ4v) is 3.05. The van der Waals surface area contributed by atoms with Gasteiger partial charge in [0.1, 0.15) is 11.4 Å². The van der Waals surface area contributed by atoms with Crippen molar-refractivity contribution in [3.8, 4) is 23.0 Å². The molecule has 11 heteroatoms. The van der Waals surface area contributed by atoms with E-state index in [2.05, 4.69) is 25.3 Å². The number of hydrogen-bond acceptors (Lipinski definition) is 7. The Morgan fingerprint density at radius 3 is 2.61 bits per heavy atom. The third kappa shape index (κ3) is 5.32. The molecule has 0 radical (unpaired) electrons. The van der Waals surface area contributed by atoms with E-state index in [0.717, 1.165) is 6.20 Å². The number of carbonyl (C=O) groups excluding carboxylic acids is 2. The summed E-state index contributed by atoms with van der Waals surface area (Å²) in [4.78, 5) is 40.0. The van der Waals surface area contributed by atoms with Gasteiger partial charge in [0.25, 0.3) is 12.3 Å². The maximum Gasteiger partial charge on any atom is 0.267 e. The zero-order valence-corrected chi connectivity index (χ0v) is 17.1. The Balaban J connectivity index is 1.55. The van der Waals surface area contributed by atoms with Crippen LogP contribution in [0, 0.1) is 5.92 Å². The second kappa shape index (κ2) is 9.47. The number of benzene rings is 1. The number of nitrogens with one attached hydrogen (secondary N) is 1. The molecule has 3 aromatic rings. The second-order valence-corrected chi connectivity index (χ2v) is 7.12. The number of halogens is 2. The molecule has 0 aliphatic carbocycles. The Morgan fingerprint density at radius 1 is 1.21 bits per heavy atom. The zero-order valence-electron chi connectivity index (χ0n) is 17.1. The third-order valence-electron chi connectivity index (χ3n) is 4.79. The highest BCUT2D eigenvalue weighted by Crippen LogP contribution is 2.26. The molecule has 2 aromatic heterocycles. The predicted molar refractivity (Wildman–Crippen MR) is 115 cm³/mol. The van der Waals surface area contributed by atoms with E-state index < -0.39 is 12.3 Å². The maximum atomic E-state index is 12.6. The van der Waals surface area contributed by atoms with Crippen LogP contribution in [0.1, 0.15) is 28.9 Å². The molecule has 1 fully saturated rings. The first-order valence-corrected chi connectivity index (χ1v) is 9.92. The van der Waals surface area contributed by atoms with Gasteiger partial charge in [-0.1, -0.05) is 0 Å². The smallest absolute Gasteiger partial charge is 0.267 e. The molecule has 0 spiro atoms. The third-order valence-corrected chi connectivity index (χ3v) is 4.79. The SMILES string of the molecule is NC(=O)c1cc(/N=C/C2CCNC2=O)nc(-c2ccc(Oc3ccc(C(F)F)cn3)cc2)n1. The van der Waals surface area contributed by atoms with Gasteiger partial charge < -0.3 is 15.8 Å². The number of rotatable bonds is 7. The molecule has 1 aliphatic heterocycles. The lowest BCUT2D eigenvalue weighted by molar-refractivity contribution is -0.120. The minimum Gasteiger partial charge on any atom is -0.439 e. The van der Waals surface area contributed by atoms with Crippen LogP contribution in [0.4, 0.5) is 14.6 Å². The summed E-state index contributed by atoms with van der Waals surface area (Å²) in [5.41, 5.74) is 5.73. The first kappa shape index (κ1) is 21.9. The molecule has 1 saturated heterocycles. The van der Waals surface area contributed by atoms with E-state index in [4.69, 9.17) is 10.5 Å². The molecule has 2 amide bonds. The number of nitrogens with zero attached hydrogens (tertiary/aromatic N) is 4. The normalized spacial score (nSPS) is 15.7. The van der Waals surface area contributed by atoms with Gasteiger partial charge in [-0.3, -0.25) is 9.59 Å². The molecule has 1 aliphatic rings. The van der Waals surface area contributed by atoms with E-state index in [9.17, 15) is 18.4 Å². The Kier molecular flexibility index (Phi) is 6.29. The highest BCUT2D eigenvalue weighted by atomic mass is 19.3. The Labute approximate surface area is 186 Å². The molecular formula is C22H18F2N6O3. The van der Waals surface area contributed by atoms with Gasteiger partial charge in [0, 0.05) is 42.2 Å². The number of ether oxygens (including phenoxy) is 1. The van der Waals surface area contributed by atoms with Crippen LogP contribution in [0.5, 0.6) is 11.6 Å². The van der Waals surface area contributed by atoms with Crippen LogP contribution in [0.3, 0.4) is 0 Å². The van der Waals surface area contributed by atoms with Gasteiger partial charge in [0.15, 0.2) is 11.6 Å². The Bertz CT molecular complexity index is 1200. The van der Waals surface area contributed by atoms with Crippen LogP contribution in [0.2, 0.25) is 0 Å². The van der Waals surface area contributed by atoms with Gasteiger partial charge in [-0.2, -0.15) is 0 Å². The number of aliphatic imine (C=N–C) groups is 1. The number of carbonyl (C=O) groups is 2. The van der Waals surface area contributed by atoms with Gasteiger partial charge in [-0.15, -0.1) is 0 Å². The van der Waals surface area contributed by atoms with Crippen molar-refractivity contribution >= 4 is 23.8 Å². The van der Waals surface area contributed by atoms with Crippen molar-refractivity contribution in [2.45, 2.75) is 12.8 Å². The van der Waals surface area contributed by atoms with Gasteiger partial charge in [0.2, 0.25) is 11.8 Å². The summed E-state index contributed by atoms with van der Waals surface area (Å²) in [6.45, 7) is 0.581. The molecule has 0 saturated carbocycles. The fourth-order valence-electron chi connectivity index (χ4n) is 3.05. The summed E-state index contributed by atoms with van der Waals surface area (Å²) in [5.74, 6) is -0.249. The monoisotopic (exact) mass is 452 g/mol. The van der Waals surface area contributed by atoms with E-state index in [1.54, 1.807) is 24.3 Å². The molecule has 4 rings (SSSR count). The molecule has 1 aromatic carbocycles. The number of nitrogens with two attached hydrogens (primary N) is 1. The summed E-state index contributed by atoms with van der Waals surface area (Å²) < 4.78 is 30.8. The van der Waals surface area contributed by atoms with E-state index in [1.165, 1.54) is 24.4 Å². The van der Waals surface area contributed by atoms with Crippen LogP contribution >= 0.6 is 0 Å². The number of amides is 2. The van der Waals surface area contributed by atoms with Crippen molar-refractivity contribution in [3.63, 3.8) is 0 Å². The number of aromatic nitrogens is 3. The average Bonchev–Trinajstić information content (AvgIpc) is 3.23. The molecule has 0 bridgehead atoms. The number of primary amides is 1. The number of pyridine rings is 1. The summed E-state index contributed by atoms with van der Waals surface area (Å²) >= 11 is 0. The second-order valence-electron chi connectivity index (χ2n) is 7.12. The molecule has 3 N–H and O–H groups in total. The minimum absolute atomic E-state index is 0.0216. The largest absolute Gasteiger partial charge is 0.439 e. The summed E-state index contributed by atoms with van der Waals surface area (Å²) in [5, 5.41) is 2.72. The molecule has 9 nitrogen and oxygen atoms in total. The lowest BCUT2D eigenvalue weighted by Gasteiger charge is -2.08. The van der Waals surface area contributed by atoms with Crippen molar-refractivity contribution in [3.05, 3.63) is 59.9 Å². The maximum absolute atomic E-state index is 12.6. The Hall–Kier alpha value is -4.28. The zero-order chi connectivity index (χ0) is 23.4. The fraction of sp³-hybridized carbons (Fsp3) is 0.182. The molecule has 1 unspecified atom stereocenters. The minimum atomic E-state index is -2.61. The van der Waals surface area contributed by atoms with Gasteiger partial charge in [-0.25, -0.2) is 28.7 Å². The lowest BCUT2D eigenvalue weighted by atomic mass is 10.1. The standard InChI is InChI=1S/C22H18F2N6O3/c23-19(24)13-3-6-18(28-10-13)33-15-4-1-12(2-5-15)21-29-16(20(25)31)9-17(30-21)27-11-14-7-8-26-22(14)32/h1-6,9-11,14,19H,7-8H2,(H2,25,31)(H,26,32)/b27-11+.